The third-order valence-corrected chi connectivity index (χ3v) is 4.71. The Balaban J connectivity index is 1.54. The zero-order chi connectivity index (χ0) is 23.6. The molecule has 0 aliphatic heterocycles. The van der Waals surface area contributed by atoms with E-state index in [0.29, 0.717) is 29.8 Å². The summed E-state index contributed by atoms with van der Waals surface area (Å²) in [6, 6.07) is 21.1. The maximum atomic E-state index is 12.5. The fraction of sp³-hybridized carbons (Fsp3) is 0.192. The number of ether oxygens (including phenoxy) is 2. The van der Waals surface area contributed by atoms with Gasteiger partial charge < -0.3 is 20.1 Å². The van der Waals surface area contributed by atoms with Crippen LogP contribution in [0.5, 0.6) is 5.75 Å². The molecule has 7 nitrogen and oxygen atoms in total. The Morgan fingerprint density at radius 1 is 0.848 bits per heavy atom. The third-order valence-electron chi connectivity index (χ3n) is 4.71. The molecule has 3 aromatic rings. The van der Waals surface area contributed by atoms with Gasteiger partial charge in [0.1, 0.15) is 5.75 Å². The topological polar surface area (TPSA) is 93.7 Å². The molecule has 0 heterocycles. The van der Waals surface area contributed by atoms with E-state index < -0.39 is 6.16 Å². The van der Waals surface area contributed by atoms with E-state index in [1.165, 1.54) is 12.1 Å². The SMILES string of the molecule is CCOC(=O)Oc1ccc(C(=O)Nc2cccc(NC(=O)CCc3cccc(C)c3)c2)cc1. The van der Waals surface area contributed by atoms with E-state index in [-0.39, 0.29) is 24.2 Å². The van der Waals surface area contributed by atoms with E-state index in [1.54, 1.807) is 43.3 Å². The van der Waals surface area contributed by atoms with Gasteiger partial charge in [-0.3, -0.25) is 9.59 Å². The molecule has 33 heavy (non-hydrogen) atoms. The molecule has 0 saturated heterocycles. The summed E-state index contributed by atoms with van der Waals surface area (Å²) >= 11 is 0. The van der Waals surface area contributed by atoms with Crippen LogP contribution in [0.2, 0.25) is 0 Å². The number of carbonyl (C=O) groups excluding carboxylic acids is 3. The van der Waals surface area contributed by atoms with Crippen molar-refractivity contribution >= 4 is 29.3 Å². The predicted molar refractivity (Wildman–Crippen MR) is 127 cm³/mol. The van der Waals surface area contributed by atoms with Crippen LogP contribution in [0.15, 0.2) is 72.8 Å². The molecule has 0 aliphatic rings. The van der Waals surface area contributed by atoms with Crippen LogP contribution >= 0.6 is 0 Å². The normalized spacial score (nSPS) is 10.2. The molecule has 0 aliphatic carbocycles. The first-order valence-corrected chi connectivity index (χ1v) is 10.6. The fourth-order valence-electron chi connectivity index (χ4n) is 3.14. The number of benzene rings is 3. The smallest absolute Gasteiger partial charge is 0.434 e. The number of carbonyl (C=O) groups is 3. The van der Waals surface area contributed by atoms with Crippen molar-refractivity contribution in [3.63, 3.8) is 0 Å². The second-order valence-corrected chi connectivity index (χ2v) is 7.38. The first kappa shape index (κ1) is 23.5. The van der Waals surface area contributed by atoms with E-state index in [0.717, 1.165) is 11.1 Å². The van der Waals surface area contributed by atoms with Crippen LogP contribution < -0.4 is 15.4 Å². The minimum Gasteiger partial charge on any atom is -0.434 e. The van der Waals surface area contributed by atoms with Gasteiger partial charge in [-0.2, -0.15) is 0 Å². The van der Waals surface area contributed by atoms with Gasteiger partial charge in [-0.15, -0.1) is 0 Å². The number of rotatable bonds is 8. The number of anilines is 2. The molecule has 3 aromatic carbocycles. The van der Waals surface area contributed by atoms with Gasteiger partial charge in [0.15, 0.2) is 0 Å². The zero-order valence-corrected chi connectivity index (χ0v) is 18.6. The van der Waals surface area contributed by atoms with Crippen LogP contribution in [-0.4, -0.2) is 24.6 Å². The lowest BCUT2D eigenvalue weighted by Crippen LogP contribution is -2.14. The Labute approximate surface area is 192 Å². The summed E-state index contributed by atoms with van der Waals surface area (Å²) in [6.07, 6.45) is 0.215. The predicted octanol–water partition coefficient (Wildman–Crippen LogP) is 5.35. The molecular formula is C26H26N2O5. The van der Waals surface area contributed by atoms with Crippen molar-refractivity contribution in [3.8, 4) is 5.75 Å². The first-order valence-electron chi connectivity index (χ1n) is 10.6. The Morgan fingerprint density at radius 2 is 1.55 bits per heavy atom. The van der Waals surface area contributed by atoms with Gasteiger partial charge in [0.25, 0.3) is 5.91 Å². The molecule has 0 unspecified atom stereocenters. The number of hydrogen-bond donors (Lipinski definition) is 2. The van der Waals surface area contributed by atoms with Gasteiger partial charge >= 0.3 is 6.16 Å². The molecule has 170 valence electrons. The monoisotopic (exact) mass is 446 g/mol. The lowest BCUT2D eigenvalue weighted by Gasteiger charge is -2.10. The molecule has 0 atom stereocenters. The fourth-order valence-corrected chi connectivity index (χ4v) is 3.14. The number of amides is 2. The minimum absolute atomic E-state index is 0.0998. The molecule has 7 heteroatoms. The molecule has 2 amide bonds. The van der Waals surface area contributed by atoms with Crippen LogP contribution in [0.4, 0.5) is 16.2 Å². The standard InChI is InChI=1S/C26H26N2O5/c1-3-32-26(31)33-23-13-11-20(12-14-23)25(30)28-22-9-5-8-21(17-22)27-24(29)15-10-19-7-4-6-18(2)16-19/h4-9,11-14,16-17H,3,10,15H2,1-2H3,(H,27,29)(H,28,30). The quantitative estimate of drug-likeness (QED) is 0.359. The maximum Gasteiger partial charge on any atom is 0.513 e. The summed E-state index contributed by atoms with van der Waals surface area (Å²) in [5.74, 6) is -0.154. The first-order chi connectivity index (χ1) is 15.9. The van der Waals surface area contributed by atoms with Crippen molar-refractivity contribution < 1.29 is 23.9 Å². The Morgan fingerprint density at radius 3 is 2.24 bits per heavy atom. The van der Waals surface area contributed by atoms with E-state index in [9.17, 15) is 14.4 Å². The molecule has 3 rings (SSSR count). The Bertz CT molecular complexity index is 1130. The second kappa shape index (κ2) is 11.5. The van der Waals surface area contributed by atoms with Crippen LogP contribution in [0.3, 0.4) is 0 Å². The molecular weight excluding hydrogens is 420 g/mol. The molecule has 0 bridgehead atoms. The summed E-state index contributed by atoms with van der Waals surface area (Å²) in [5, 5.41) is 5.66. The highest BCUT2D eigenvalue weighted by molar-refractivity contribution is 6.04. The molecule has 0 aromatic heterocycles. The third kappa shape index (κ3) is 7.50. The van der Waals surface area contributed by atoms with Crippen molar-refractivity contribution in [3.05, 3.63) is 89.5 Å². The van der Waals surface area contributed by atoms with Gasteiger partial charge in [-0.05, 0) is 68.3 Å². The van der Waals surface area contributed by atoms with E-state index in [4.69, 9.17) is 9.47 Å². The largest absolute Gasteiger partial charge is 0.513 e. The number of aryl methyl sites for hydroxylation is 2. The van der Waals surface area contributed by atoms with Crippen molar-refractivity contribution in [2.45, 2.75) is 26.7 Å². The van der Waals surface area contributed by atoms with E-state index >= 15 is 0 Å². The summed E-state index contributed by atoms with van der Waals surface area (Å²) in [7, 11) is 0. The molecule has 0 saturated carbocycles. The summed E-state index contributed by atoms with van der Waals surface area (Å²) < 4.78 is 9.69. The van der Waals surface area contributed by atoms with Gasteiger partial charge in [-0.1, -0.05) is 35.9 Å². The molecule has 0 radical (unpaired) electrons. The molecule has 0 spiro atoms. The number of hydrogen-bond acceptors (Lipinski definition) is 5. The second-order valence-electron chi connectivity index (χ2n) is 7.38. The molecule has 2 N–H and O–H groups in total. The summed E-state index contributed by atoms with van der Waals surface area (Å²) in [4.78, 5) is 36.2. The Hall–Kier alpha value is -4.13. The van der Waals surface area contributed by atoms with Crippen molar-refractivity contribution in [2.24, 2.45) is 0 Å². The highest BCUT2D eigenvalue weighted by Gasteiger charge is 2.10. The lowest BCUT2D eigenvalue weighted by atomic mass is 10.1. The molecule has 0 fully saturated rings. The minimum atomic E-state index is -0.799. The highest BCUT2D eigenvalue weighted by Crippen LogP contribution is 2.18. The van der Waals surface area contributed by atoms with Gasteiger partial charge in [0.2, 0.25) is 5.91 Å². The van der Waals surface area contributed by atoms with Crippen LogP contribution in [0.1, 0.15) is 34.8 Å². The summed E-state index contributed by atoms with van der Waals surface area (Å²) in [5.41, 5.74) is 3.81. The average molecular weight is 447 g/mol. The van der Waals surface area contributed by atoms with Crippen LogP contribution in [0, 0.1) is 6.92 Å². The van der Waals surface area contributed by atoms with Crippen LogP contribution in [-0.2, 0) is 16.0 Å². The van der Waals surface area contributed by atoms with Crippen molar-refractivity contribution in [2.75, 3.05) is 17.2 Å². The maximum absolute atomic E-state index is 12.5. The average Bonchev–Trinajstić information content (AvgIpc) is 2.78. The number of nitrogens with one attached hydrogen (secondary N) is 2. The van der Waals surface area contributed by atoms with Crippen molar-refractivity contribution in [1.82, 2.24) is 0 Å². The lowest BCUT2D eigenvalue weighted by molar-refractivity contribution is -0.116. The zero-order valence-electron chi connectivity index (χ0n) is 18.6. The van der Waals surface area contributed by atoms with Gasteiger partial charge in [-0.25, -0.2) is 4.79 Å². The highest BCUT2D eigenvalue weighted by atomic mass is 16.7. The van der Waals surface area contributed by atoms with Crippen molar-refractivity contribution in [1.29, 1.82) is 0 Å². The van der Waals surface area contributed by atoms with Gasteiger partial charge in [0, 0.05) is 23.4 Å². The summed E-state index contributed by atoms with van der Waals surface area (Å²) in [6.45, 7) is 3.92. The van der Waals surface area contributed by atoms with E-state index in [1.807, 2.05) is 25.1 Å². The Kier molecular flexibility index (Phi) is 8.18. The van der Waals surface area contributed by atoms with Gasteiger partial charge in [0.05, 0.1) is 6.61 Å². The van der Waals surface area contributed by atoms with Crippen LogP contribution in [0.25, 0.3) is 0 Å². The van der Waals surface area contributed by atoms with E-state index in [2.05, 4.69) is 16.7 Å².